The topological polar surface area (TPSA) is 58.6 Å². The lowest BCUT2D eigenvalue weighted by atomic mass is 10.0. The van der Waals surface area contributed by atoms with Crippen molar-refractivity contribution in [3.05, 3.63) is 101 Å². The molecular formula is C29H33ClN2O3. The Labute approximate surface area is 213 Å². The molecule has 0 bridgehead atoms. The average Bonchev–Trinajstić information content (AvgIpc) is 2.87. The van der Waals surface area contributed by atoms with Gasteiger partial charge in [-0.2, -0.15) is 0 Å². The van der Waals surface area contributed by atoms with Gasteiger partial charge in [0, 0.05) is 24.0 Å². The van der Waals surface area contributed by atoms with E-state index in [9.17, 15) is 9.59 Å². The fourth-order valence-corrected chi connectivity index (χ4v) is 3.77. The number of ether oxygens (including phenoxy) is 1. The first-order valence-corrected chi connectivity index (χ1v) is 12.3. The van der Waals surface area contributed by atoms with Crippen LogP contribution in [-0.2, 0) is 22.6 Å². The number of nitrogens with zero attached hydrogens (tertiary/aromatic N) is 1. The van der Waals surface area contributed by atoms with E-state index in [-0.39, 0.29) is 24.5 Å². The zero-order valence-corrected chi connectivity index (χ0v) is 21.3. The molecule has 0 fully saturated rings. The van der Waals surface area contributed by atoms with E-state index in [1.54, 1.807) is 29.2 Å². The fourth-order valence-electron chi connectivity index (χ4n) is 3.64. The minimum absolute atomic E-state index is 0.00224. The molecule has 0 aliphatic heterocycles. The van der Waals surface area contributed by atoms with E-state index < -0.39 is 6.04 Å². The second-order valence-electron chi connectivity index (χ2n) is 8.77. The van der Waals surface area contributed by atoms with Crippen molar-refractivity contribution >= 4 is 23.4 Å². The first-order valence-electron chi connectivity index (χ1n) is 11.9. The van der Waals surface area contributed by atoms with Gasteiger partial charge in [-0.1, -0.05) is 78.7 Å². The van der Waals surface area contributed by atoms with Crippen molar-refractivity contribution in [1.82, 2.24) is 10.2 Å². The van der Waals surface area contributed by atoms with Gasteiger partial charge in [0.25, 0.3) is 5.91 Å². The molecule has 0 saturated carbocycles. The van der Waals surface area contributed by atoms with Crippen molar-refractivity contribution in [1.29, 1.82) is 0 Å². The highest BCUT2D eigenvalue weighted by atomic mass is 35.5. The number of rotatable bonds is 11. The molecule has 3 rings (SSSR count). The number of halogens is 1. The molecule has 5 nitrogen and oxygen atoms in total. The van der Waals surface area contributed by atoms with Crippen LogP contribution in [-0.4, -0.2) is 35.4 Å². The maximum atomic E-state index is 13.5. The number of aryl methyl sites for hydroxylation is 1. The Morgan fingerprint density at radius 3 is 2.23 bits per heavy atom. The molecule has 2 amide bonds. The SMILES string of the molecule is CC[C@@H](C)NC(=O)[C@H](Cc1ccccc1)N(Cc1ccc(C)cc1)C(=O)COc1ccc(Cl)cc1. The summed E-state index contributed by atoms with van der Waals surface area (Å²) >= 11 is 5.96. The van der Waals surface area contributed by atoms with Crippen molar-refractivity contribution in [2.45, 2.75) is 52.2 Å². The molecule has 0 aliphatic rings. The summed E-state index contributed by atoms with van der Waals surface area (Å²) in [5.74, 6) is 0.109. The van der Waals surface area contributed by atoms with Gasteiger partial charge in [0.2, 0.25) is 5.91 Å². The van der Waals surface area contributed by atoms with Crippen LogP contribution in [0.15, 0.2) is 78.9 Å². The average molecular weight is 493 g/mol. The highest BCUT2D eigenvalue weighted by Crippen LogP contribution is 2.18. The molecule has 0 unspecified atom stereocenters. The van der Waals surface area contributed by atoms with Crippen LogP contribution in [0, 0.1) is 6.92 Å². The Morgan fingerprint density at radius 2 is 1.60 bits per heavy atom. The third-order valence-corrected chi connectivity index (χ3v) is 6.17. The van der Waals surface area contributed by atoms with Gasteiger partial charge in [-0.05, 0) is 55.7 Å². The number of hydrogen-bond donors (Lipinski definition) is 1. The molecular weight excluding hydrogens is 460 g/mol. The molecule has 0 aromatic heterocycles. The number of carbonyl (C=O) groups is 2. The molecule has 0 radical (unpaired) electrons. The van der Waals surface area contributed by atoms with Crippen LogP contribution in [0.5, 0.6) is 5.75 Å². The molecule has 6 heteroatoms. The Bertz CT molecular complexity index is 1090. The molecule has 0 aliphatic carbocycles. The largest absolute Gasteiger partial charge is 0.484 e. The standard InChI is InChI=1S/C29H33ClN2O3/c1-4-22(3)31-29(34)27(18-23-8-6-5-7-9-23)32(19-24-12-10-21(2)11-13-24)28(33)20-35-26-16-14-25(30)15-17-26/h5-17,22,27H,4,18-20H2,1-3H3,(H,31,34)/t22-,27+/m1/s1. The molecule has 0 heterocycles. The molecule has 35 heavy (non-hydrogen) atoms. The summed E-state index contributed by atoms with van der Waals surface area (Å²) in [6.45, 7) is 6.12. The third kappa shape index (κ3) is 8.15. The minimum Gasteiger partial charge on any atom is -0.484 e. The lowest BCUT2D eigenvalue weighted by Crippen LogP contribution is -2.53. The van der Waals surface area contributed by atoms with Crippen LogP contribution in [0.25, 0.3) is 0 Å². The Hall–Kier alpha value is -3.31. The van der Waals surface area contributed by atoms with Crippen molar-refractivity contribution in [2.24, 2.45) is 0 Å². The van der Waals surface area contributed by atoms with E-state index in [2.05, 4.69) is 5.32 Å². The van der Waals surface area contributed by atoms with E-state index >= 15 is 0 Å². The Kier molecular flexibility index (Phi) is 9.74. The number of nitrogens with one attached hydrogen (secondary N) is 1. The van der Waals surface area contributed by atoms with Crippen molar-refractivity contribution in [3.63, 3.8) is 0 Å². The normalized spacial score (nSPS) is 12.5. The van der Waals surface area contributed by atoms with E-state index in [0.717, 1.165) is 23.1 Å². The zero-order chi connectivity index (χ0) is 25.2. The first kappa shape index (κ1) is 26.3. The van der Waals surface area contributed by atoms with Crippen molar-refractivity contribution in [2.75, 3.05) is 6.61 Å². The van der Waals surface area contributed by atoms with Crippen molar-refractivity contribution < 1.29 is 14.3 Å². The summed E-state index contributed by atoms with van der Waals surface area (Å²) in [7, 11) is 0. The van der Waals surface area contributed by atoms with Gasteiger partial charge in [0.1, 0.15) is 11.8 Å². The minimum atomic E-state index is -0.686. The van der Waals surface area contributed by atoms with Crippen molar-refractivity contribution in [3.8, 4) is 5.75 Å². The maximum absolute atomic E-state index is 13.5. The Balaban J connectivity index is 1.89. The maximum Gasteiger partial charge on any atom is 0.261 e. The summed E-state index contributed by atoms with van der Waals surface area (Å²) in [5, 5.41) is 3.66. The Morgan fingerprint density at radius 1 is 0.943 bits per heavy atom. The lowest BCUT2D eigenvalue weighted by molar-refractivity contribution is -0.143. The number of carbonyl (C=O) groups excluding carboxylic acids is 2. The smallest absolute Gasteiger partial charge is 0.261 e. The van der Waals surface area contributed by atoms with Crippen LogP contribution < -0.4 is 10.1 Å². The van der Waals surface area contributed by atoms with Crippen LogP contribution in [0.4, 0.5) is 0 Å². The second-order valence-corrected chi connectivity index (χ2v) is 9.21. The molecule has 2 atom stereocenters. The van der Waals surface area contributed by atoms with Gasteiger partial charge < -0.3 is 15.0 Å². The fraction of sp³-hybridized carbons (Fsp3) is 0.310. The predicted molar refractivity (Wildman–Crippen MR) is 141 cm³/mol. The van der Waals surface area contributed by atoms with Gasteiger partial charge >= 0.3 is 0 Å². The molecule has 0 spiro atoms. The van der Waals surface area contributed by atoms with E-state index in [1.807, 2.05) is 75.4 Å². The highest BCUT2D eigenvalue weighted by Gasteiger charge is 2.31. The highest BCUT2D eigenvalue weighted by molar-refractivity contribution is 6.30. The molecule has 3 aromatic rings. The van der Waals surface area contributed by atoms with E-state index in [0.29, 0.717) is 23.7 Å². The van der Waals surface area contributed by atoms with Gasteiger partial charge in [0.15, 0.2) is 6.61 Å². The van der Waals surface area contributed by atoms with Crippen LogP contribution in [0.2, 0.25) is 5.02 Å². The number of amides is 2. The molecule has 0 saturated heterocycles. The van der Waals surface area contributed by atoms with Gasteiger partial charge in [0.05, 0.1) is 0 Å². The van der Waals surface area contributed by atoms with E-state index in [1.165, 1.54) is 0 Å². The predicted octanol–water partition coefficient (Wildman–Crippen LogP) is 5.58. The van der Waals surface area contributed by atoms with Crippen LogP contribution in [0.3, 0.4) is 0 Å². The summed E-state index contributed by atoms with van der Waals surface area (Å²) in [5.41, 5.74) is 3.06. The summed E-state index contributed by atoms with van der Waals surface area (Å²) in [4.78, 5) is 28.6. The van der Waals surface area contributed by atoms with Gasteiger partial charge in [-0.3, -0.25) is 9.59 Å². The van der Waals surface area contributed by atoms with Gasteiger partial charge in [-0.15, -0.1) is 0 Å². The summed E-state index contributed by atoms with van der Waals surface area (Å²) in [6.07, 6.45) is 1.21. The summed E-state index contributed by atoms with van der Waals surface area (Å²) < 4.78 is 5.76. The first-order chi connectivity index (χ1) is 16.9. The second kappa shape index (κ2) is 13.0. The summed E-state index contributed by atoms with van der Waals surface area (Å²) in [6, 6.07) is 23.9. The third-order valence-electron chi connectivity index (χ3n) is 5.92. The zero-order valence-electron chi connectivity index (χ0n) is 20.5. The number of benzene rings is 3. The quantitative estimate of drug-likeness (QED) is 0.380. The van der Waals surface area contributed by atoms with Gasteiger partial charge in [-0.25, -0.2) is 0 Å². The molecule has 184 valence electrons. The van der Waals surface area contributed by atoms with Crippen LogP contribution in [0.1, 0.15) is 37.0 Å². The van der Waals surface area contributed by atoms with E-state index in [4.69, 9.17) is 16.3 Å². The molecule has 1 N–H and O–H groups in total. The lowest BCUT2D eigenvalue weighted by Gasteiger charge is -2.32. The monoisotopic (exact) mass is 492 g/mol. The molecule has 3 aromatic carbocycles. The number of hydrogen-bond acceptors (Lipinski definition) is 3. The van der Waals surface area contributed by atoms with Crippen LogP contribution >= 0.6 is 11.6 Å².